The van der Waals surface area contributed by atoms with E-state index in [-0.39, 0.29) is 0 Å². The third-order valence-corrected chi connectivity index (χ3v) is 4.65. The largest absolute Gasteiger partial charge is 0.489 e. The fourth-order valence-corrected chi connectivity index (χ4v) is 3.20. The number of ether oxygens (including phenoxy) is 1. The highest BCUT2D eigenvalue weighted by atomic mass is 35.5. The highest BCUT2D eigenvalue weighted by Gasteiger charge is 2.10. The number of hydrogen-bond donors (Lipinski definition) is 0. The highest BCUT2D eigenvalue weighted by Crippen LogP contribution is 2.26. The minimum absolute atomic E-state index is 0.325. The van der Waals surface area contributed by atoms with Crippen LogP contribution in [-0.4, -0.2) is 14.6 Å². The molecular weight excluding hydrogens is 383 g/mol. The molecule has 0 unspecified atom stereocenters. The van der Waals surface area contributed by atoms with Crippen LogP contribution in [0.15, 0.2) is 60.9 Å². The number of hydrogen-bond acceptors (Lipinski definition) is 4. The summed E-state index contributed by atoms with van der Waals surface area (Å²) in [6.07, 6.45) is 3.17. The zero-order valence-electron chi connectivity index (χ0n) is 13.9. The molecule has 27 heavy (non-hydrogen) atoms. The number of rotatable bonds is 4. The van der Waals surface area contributed by atoms with Gasteiger partial charge < -0.3 is 4.74 Å². The molecule has 4 aromatic rings. The van der Waals surface area contributed by atoms with Crippen LogP contribution in [0.3, 0.4) is 0 Å². The van der Waals surface area contributed by atoms with Gasteiger partial charge in [0.2, 0.25) is 0 Å². The van der Waals surface area contributed by atoms with Crippen molar-refractivity contribution >= 4 is 28.8 Å². The van der Waals surface area contributed by atoms with Crippen LogP contribution in [0.4, 0.5) is 0 Å². The SMILES string of the molecule is N#Cc1cnn2c(-c3cccc(OCc4ccc(Cl)cc4Cl)c3)ccnc12. The molecule has 0 atom stereocenters. The van der Waals surface area contributed by atoms with Gasteiger partial charge in [0.05, 0.1) is 11.9 Å². The van der Waals surface area contributed by atoms with Crippen molar-refractivity contribution in [2.45, 2.75) is 6.61 Å². The van der Waals surface area contributed by atoms with Crippen LogP contribution in [0.25, 0.3) is 16.9 Å². The van der Waals surface area contributed by atoms with Crippen LogP contribution in [-0.2, 0) is 6.61 Å². The van der Waals surface area contributed by atoms with Crippen molar-refractivity contribution in [3.05, 3.63) is 82.1 Å². The smallest absolute Gasteiger partial charge is 0.173 e. The van der Waals surface area contributed by atoms with Gasteiger partial charge >= 0.3 is 0 Å². The van der Waals surface area contributed by atoms with Crippen LogP contribution >= 0.6 is 23.2 Å². The van der Waals surface area contributed by atoms with E-state index in [9.17, 15) is 0 Å². The van der Waals surface area contributed by atoms with Crippen LogP contribution in [0.5, 0.6) is 5.75 Å². The Morgan fingerprint density at radius 3 is 2.81 bits per heavy atom. The fourth-order valence-electron chi connectivity index (χ4n) is 2.73. The van der Waals surface area contributed by atoms with E-state index in [1.165, 1.54) is 6.20 Å². The second-order valence-corrected chi connectivity index (χ2v) is 6.63. The Labute approximate surface area is 165 Å². The third kappa shape index (κ3) is 3.45. The molecule has 0 amide bonds. The van der Waals surface area contributed by atoms with Crippen molar-refractivity contribution in [1.82, 2.24) is 14.6 Å². The predicted molar refractivity (Wildman–Crippen MR) is 104 cm³/mol. The zero-order chi connectivity index (χ0) is 18.8. The molecule has 0 bridgehead atoms. The summed E-state index contributed by atoms with van der Waals surface area (Å²) in [4.78, 5) is 4.23. The van der Waals surface area contributed by atoms with Crippen molar-refractivity contribution in [2.75, 3.05) is 0 Å². The van der Waals surface area contributed by atoms with Gasteiger partial charge in [-0.05, 0) is 30.3 Å². The molecular formula is C20H12Cl2N4O. The number of fused-ring (bicyclic) bond motifs is 1. The maximum absolute atomic E-state index is 9.17. The third-order valence-electron chi connectivity index (χ3n) is 4.06. The first kappa shape index (κ1) is 17.3. The lowest BCUT2D eigenvalue weighted by atomic mass is 10.1. The Morgan fingerprint density at radius 2 is 2.00 bits per heavy atom. The van der Waals surface area contributed by atoms with E-state index < -0.39 is 0 Å². The first-order valence-electron chi connectivity index (χ1n) is 8.06. The molecule has 2 heterocycles. The van der Waals surface area contributed by atoms with Gasteiger partial charge in [-0.2, -0.15) is 10.4 Å². The maximum Gasteiger partial charge on any atom is 0.173 e. The Bertz CT molecular complexity index is 1180. The summed E-state index contributed by atoms with van der Waals surface area (Å²) in [5.41, 5.74) is 3.52. The molecule has 0 spiro atoms. The van der Waals surface area contributed by atoms with Gasteiger partial charge in [-0.3, -0.25) is 0 Å². The number of nitrogens with zero attached hydrogens (tertiary/aromatic N) is 4. The summed E-state index contributed by atoms with van der Waals surface area (Å²) in [7, 11) is 0. The van der Waals surface area contributed by atoms with Gasteiger partial charge in [0, 0.05) is 27.4 Å². The van der Waals surface area contributed by atoms with Crippen LogP contribution < -0.4 is 4.74 Å². The topological polar surface area (TPSA) is 63.2 Å². The summed E-state index contributed by atoms with van der Waals surface area (Å²) in [5.74, 6) is 0.691. The average Bonchev–Trinajstić information content (AvgIpc) is 3.11. The van der Waals surface area contributed by atoms with E-state index in [1.807, 2.05) is 36.4 Å². The van der Waals surface area contributed by atoms with E-state index in [1.54, 1.807) is 22.8 Å². The lowest BCUT2D eigenvalue weighted by molar-refractivity contribution is 0.306. The molecule has 2 aromatic carbocycles. The minimum atomic E-state index is 0.325. The molecule has 0 saturated heterocycles. The Kier molecular flexibility index (Phi) is 4.68. The second-order valence-electron chi connectivity index (χ2n) is 5.79. The van der Waals surface area contributed by atoms with Gasteiger partial charge in [0.1, 0.15) is 24.0 Å². The molecule has 0 aliphatic carbocycles. The first-order valence-corrected chi connectivity index (χ1v) is 8.81. The number of halogens is 2. The minimum Gasteiger partial charge on any atom is -0.489 e. The van der Waals surface area contributed by atoms with E-state index >= 15 is 0 Å². The average molecular weight is 395 g/mol. The summed E-state index contributed by atoms with van der Waals surface area (Å²) in [5, 5.41) is 14.6. The lowest BCUT2D eigenvalue weighted by Crippen LogP contribution is -1.98. The van der Waals surface area contributed by atoms with E-state index in [0.29, 0.717) is 33.6 Å². The van der Waals surface area contributed by atoms with Crippen molar-refractivity contribution in [3.8, 4) is 23.1 Å². The lowest BCUT2D eigenvalue weighted by Gasteiger charge is -2.10. The Balaban J connectivity index is 1.63. The van der Waals surface area contributed by atoms with Crippen molar-refractivity contribution in [2.24, 2.45) is 0 Å². The van der Waals surface area contributed by atoms with Crippen LogP contribution in [0, 0.1) is 11.3 Å². The molecule has 2 aromatic heterocycles. The first-order chi connectivity index (χ1) is 13.2. The van der Waals surface area contributed by atoms with E-state index in [4.69, 9.17) is 33.2 Å². The molecule has 0 saturated carbocycles. The number of nitriles is 1. The quantitative estimate of drug-likeness (QED) is 0.479. The maximum atomic E-state index is 9.17. The molecule has 5 nitrogen and oxygen atoms in total. The normalized spacial score (nSPS) is 10.7. The van der Waals surface area contributed by atoms with Crippen molar-refractivity contribution in [1.29, 1.82) is 5.26 Å². The van der Waals surface area contributed by atoms with Crippen molar-refractivity contribution < 1.29 is 4.74 Å². The van der Waals surface area contributed by atoms with Gasteiger partial charge in [0.25, 0.3) is 0 Å². The molecule has 0 aliphatic rings. The molecule has 4 rings (SSSR count). The summed E-state index contributed by atoms with van der Waals surface area (Å²) < 4.78 is 7.53. The Hall–Kier alpha value is -3.07. The predicted octanol–water partition coefficient (Wildman–Crippen LogP) is 5.15. The summed E-state index contributed by atoms with van der Waals surface area (Å²) >= 11 is 12.1. The molecule has 7 heteroatoms. The monoisotopic (exact) mass is 394 g/mol. The van der Waals surface area contributed by atoms with E-state index in [0.717, 1.165) is 16.8 Å². The number of aromatic nitrogens is 3. The summed E-state index contributed by atoms with van der Waals surface area (Å²) in [6, 6.07) is 16.9. The van der Waals surface area contributed by atoms with E-state index in [2.05, 4.69) is 16.2 Å². The molecule has 0 fully saturated rings. The molecule has 0 radical (unpaired) electrons. The van der Waals surface area contributed by atoms with Gasteiger partial charge in [0.15, 0.2) is 5.65 Å². The van der Waals surface area contributed by atoms with Gasteiger partial charge in [-0.25, -0.2) is 9.50 Å². The van der Waals surface area contributed by atoms with Crippen LogP contribution in [0.1, 0.15) is 11.1 Å². The summed E-state index contributed by atoms with van der Waals surface area (Å²) in [6.45, 7) is 0.325. The molecule has 132 valence electrons. The van der Waals surface area contributed by atoms with Crippen LogP contribution in [0.2, 0.25) is 10.0 Å². The standard InChI is InChI=1S/C20H12Cl2N4O/c21-16-5-4-14(18(22)9-16)12-27-17-3-1-2-13(8-17)19-6-7-24-20-15(10-23)11-25-26(19)20/h1-9,11H,12H2. The van der Waals surface area contributed by atoms with Gasteiger partial charge in [-0.15, -0.1) is 0 Å². The van der Waals surface area contributed by atoms with Gasteiger partial charge in [-0.1, -0.05) is 41.4 Å². The van der Waals surface area contributed by atoms with Crippen molar-refractivity contribution in [3.63, 3.8) is 0 Å². The zero-order valence-corrected chi connectivity index (χ0v) is 15.4. The highest BCUT2D eigenvalue weighted by molar-refractivity contribution is 6.35. The molecule has 0 N–H and O–H groups in total. The Morgan fingerprint density at radius 1 is 1.11 bits per heavy atom. The second kappa shape index (κ2) is 7.28. The fraction of sp³-hybridized carbons (Fsp3) is 0.0500. The number of benzene rings is 2. The molecule has 0 aliphatic heterocycles.